The van der Waals surface area contributed by atoms with Gasteiger partial charge in [0, 0.05) is 0 Å². The average molecular weight is 768 g/mol. The number of benzene rings is 2. The van der Waals surface area contributed by atoms with Gasteiger partial charge in [-0.3, -0.25) is 29.8 Å². The van der Waals surface area contributed by atoms with Gasteiger partial charge in [0.15, 0.2) is 23.1 Å². The minimum atomic E-state index is -0.572. The van der Waals surface area contributed by atoms with Crippen LogP contribution in [-0.4, -0.2) is 35.5 Å². The van der Waals surface area contributed by atoms with Crippen LogP contribution in [-0.2, 0) is 9.59 Å². The minimum absolute atomic E-state index is 0.0410. The van der Waals surface area contributed by atoms with Crippen LogP contribution in [0.1, 0.15) is 88.2 Å². The van der Waals surface area contributed by atoms with Gasteiger partial charge in [0.1, 0.15) is 0 Å². The third kappa shape index (κ3) is 11.0. The first kappa shape index (κ1) is 38.2. The molecule has 2 heterocycles. The fourth-order valence-corrected chi connectivity index (χ4v) is 8.26. The minimum Gasteiger partial charge on any atom is -0.489 e. The fourth-order valence-electron chi connectivity index (χ4n) is 6.35. The van der Waals surface area contributed by atoms with Crippen molar-refractivity contribution in [3.05, 3.63) is 66.9 Å². The monoisotopic (exact) mass is 766 g/mol. The van der Waals surface area contributed by atoms with Crippen LogP contribution in [0.5, 0.6) is 11.5 Å². The molecule has 14 heteroatoms. The van der Waals surface area contributed by atoms with Crippen molar-refractivity contribution in [3.63, 3.8) is 0 Å². The number of amides is 4. The highest BCUT2D eigenvalue weighted by molar-refractivity contribution is 8.18. The SMILES string of the molecule is O=C1NC(=O)C(=Cc2cc(F)c(OCCC3CCCCC3)c(Cl)c2)S1.O=C1NC(=O)C(=Cc2cc(F)c(OCCC3CCCCC3)c(Cl)c2)S1. The molecule has 2 aliphatic carbocycles. The average Bonchev–Trinajstić information content (AvgIpc) is 3.57. The van der Waals surface area contributed by atoms with Crippen molar-refractivity contribution in [2.24, 2.45) is 11.8 Å². The van der Waals surface area contributed by atoms with E-state index in [2.05, 4.69) is 10.6 Å². The lowest BCUT2D eigenvalue weighted by molar-refractivity contribution is -0.116. The van der Waals surface area contributed by atoms with Crippen LogP contribution in [0.25, 0.3) is 12.2 Å². The van der Waals surface area contributed by atoms with Crippen molar-refractivity contribution in [1.29, 1.82) is 0 Å². The highest BCUT2D eigenvalue weighted by atomic mass is 35.5. The van der Waals surface area contributed by atoms with E-state index in [-0.39, 0.29) is 31.4 Å². The van der Waals surface area contributed by atoms with Crippen molar-refractivity contribution in [2.45, 2.75) is 77.0 Å². The zero-order valence-electron chi connectivity index (χ0n) is 27.3. The van der Waals surface area contributed by atoms with E-state index < -0.39 is 33.9 Å². The number of nitrogens with one attached hydrogen (secondary N) is 2. The Labute approximate surface area is 308 Å². The largest absolute Gasteiger partial charge is 0.489 e. The number of imide groups is 2. The van der Waals surface area contributed by atoms with Gasteiger partial charge >= 0.3 is 0 Å². The number of carbonyl (C=O) groups is 4. The topological polar surface area (TPSA) is 111 Å². The van der Waals surface area contributed by atoms with Crippen LogP contribution in [0, 0.1) is 23.5 Å². The molecule has 50 heavy (non-hydrogen) atoms. The smallest absolute Gasteiger partial charge is 0.290 e. The van der Waals surface area contributed by atoms with E-state index >= 15 is 0 Å². The van der Waals surface area contributed by atoms with Crippen LogP contribution in [0.15, 0.2) is 34.1 Å². The van der Waals surface area contributed by atoms with E-state index in [1.165, 1.54) is 101 Å². The summed E-state index contributed by atoms with van der Waals surface area (Å²) in [7, 11) is 0. The maximum Gasteiger partial charge on any atom is 0.290 e. The summed E-state index contributed by atoms with van der Waals surface area (Å²) >= 11 is 13.8. The summed E-state index contributed by atoms with van der Waals surface area (Å²) < 4.78 is 39.8. The Hall–Kier alpha value is -3.06. The molecule has 0 aromatic heterocycles. The predicted molar refractivity (Wildman–Crippen MR) is 194 cm³/mol. The van der Waals surface area contributed by atoms with Crippen molar-refractivity contribution in [1.82, 2.24) is 10.6 Å². The van der Waals surface area contributed by atoms with Crippen LogP contribution >= 0.6 is 46.7 Å². The molecule has 0 atom stereocenters. The van der Waals surface area contributed by atoms with Crippen LogP contribution in [0.2, 0.25) is 10.0 Å². The van der Waals surface area contributed by atoms with Gasteiger partial charge in [0.05, 0.1) is 33.1 Å². The fraction of sp³-hybridized carbons (Fsp3) is 0.444. The molecule has 2 aromatic carbocycles. The summed E-state index contributed by atoms with van der Waals surface area (Å²) in [5.74, 6) is -0.738. The summed E-state index contributed by atoms with van der Waals surface area (Å²) in [5, 5.41) is 3.74. The second-order valence-corrected chi connectivity index (χ2v) is 15.5. The quantitative estimate of drug-likeness (QED) is 0.230. The van der Waals surface area contributed by atoms with E-state index in [1.54, 1.807) is 0 Å². The molecule has 2 aliphatic heterocycles. The molecule has 2 saturated heterocycles. The first-order chi connectivity index (χ1) is 24.0. The molecule has 6 rings (SSSR count). The molecule has 0 bridgehead atoms. The van der Waals surface area contributed by atoms with Gasteiger partial charge in [-0.15, -0.1) is 0 Å². The van der Waals surface area contributed by atoms with Crippen molar-refractivity contribution >= 4 is 81.2 Å². The first-order valence-electron chi connectivity index (χ1n) is 16.8. The predicted octanol–water partition coefficient (Wildman–Crippen LogP) is 10.3. The zero-order chi connectivity index (χ0) is 35.6. The standard InChI is InChI=1S/2C18H19ClFNO3S/c2*19-13-8-12(10-15-17(22)21-18(23)25-15)9-14(20)16(13)24-7-6-11-4-2-1-3-5-11/h2*8-11H,1-7H2,(H,21,22,23). The van der Waals surface area contributed by atoms with Crippen LogP contribution in [0.4, 0.5) is 18.4 Å². The van der Waals surface area contributed by atoms with Gasteiger partial charge in [0.25, 0.3) is 22.3 Å². The highest BCUT2D eigenvalue weighted by Crippen LogP contribution is 2.35. The van der Waals surface area contributed by atoms with Crippen molar-refractivity contribution < 1.29 is 37.4 Å². The molecule has 0 unspecified atom stereocenters. The number of ether oxygens (including phenoxy) is 2. The lowest BCUT2D eigenvalue weighted by atomic mass is 9.87. The second-order valence-electron chi connectivity index (χ2n) is 12.6. The molecular weight excluding hydrogens is 729 g/mol. The van der Waals surface area contributed by atoms with Crippen LogP contribution < -0.4 is 20.1 Å². The maximum atomic E-state index is 14.3. The van der Waals surface area contributed by atoms with Crippen molar-refractivity contribution in [2.75, 3.05) is 13.2 Å². The highest BCUT2D eigenvalue weighted by Gasteiger charge is 2.26. The molecule has 2 N–H and O–H groups in total. The Morgan fingerprint density at radius 3 is 1.34 bits per heavy atom. The lowest BCUT2D eigenvalue weighted by Crippen LogP contribution is -2.17. The Bertz CT molecular complexity index is 1510. The molecule has 4 amide bonds. The Morgan fingerprint density at radius 2 is 1.02 bits per heavy atom. The Kier molecular flexibility index (Phi) is 14.1. The summed E-state index contributed by atoms with van der Waals surface area (Å²) in [5.41, 5.74) is 0.823. The Morgan fingerprint density at radius 1 is 0.640 bits per heavy atom. The molecular formula is C36H38Cl2F2N2O6S2. The first-order valence-corrected chi connectivity index (χ1v) is 19.2. The molecule has 0 radical (unpaired) electrons. The third-order valence-corrected chi connectivity index (χ3v) is 11.1. The van der Waals surface area contributed by atoms with Crippen LogP contribution in [0.3, 0.4) is 0 Å². The lowest BCUT2D eigenvalue weighted by Gasteiger charge is -2.21. The maximum absolute atomic E-state index is 14.3. The van der Waals surface area contributed by atoms with E-state index in [0.29, 0.717) is 36.2 Å². The summed E-state index contributed by atoms with van der Waals surface area (Å²) in [6.07, 6.45) is 17.2. The van der Waals surface area contributed by atoms with Gasteiger partial charge in [0.2, 0.25) is 0 Å². The number of hydrogen-bond donors (Lipinski definition) is 2. The second kappa shape index (κ2) is 18.4. The number of thioether (sulfide) groups is 2. The van der Waals surface area contributed by atoms with Gasteiger partial charge < -0.3 is 9.47 Å². The molecule has 4 aliphatic rings. The number of halogens is 4. The molecule has 0 spiro atoms. The van der Waals surface area contributed by atoms with Gasteiger partial charge in [-0.25, -0.2) is 8.78 Å². The van der Waals surface area contributed by atoms with E-state index in [9.17, 15) is 28.0 Å². The van der Waals surface area contributed by atoms with Crippen molar-refractivity contribution in [3.8, 4) is 11.5 Å². The molecule has 2 saturated carbocycles. The molecule has 4 fully saturated rings. The molecule has 8 nitrogen and oxygen atoms in total. The summed E-state index contributed by atoms with van der Waals surface area (Å²) in [6, 6.07) is 5.57. The van der Waals surface area contributed by atoms with E-state index in [1.807, 2.05) is 0 Å². The van der Waals surface area contributed by atoms with E-state index in [0.717, 1.165) is 36.4 Å². The molecule has 268 valence electrons. The van der Waals surface area contributed by atoms with Gasteiger partial charge in [-0.2, -0.15) is 0 Å². The van der Waals surface area contributed by atoms with Gasteiger partial charge in [-0.1, -0.05) is 87.4 Å². The Balaban J connectivity index is 0.000000194. The summed E-state index contributed by atoms with van der Waals surface area (Å²) in [6.45, 7) is 0.878. The number of carbonyl (C=O) groups excluding carboxylic acids is 4. The number of rotatable bonds is 10. The zero-order valence-corrected chi connectivity index (χ0v) is 30.4. The van der Waals surface area contributed by atoms with Gasteiger partial charge in [-0.05, 0) is 95.7 Å². The normalized spacial score (nSPS) is 20.2. The molecule has 2 aromatic rings. The summed E-state index contributed by atoms with van der Waals surface area (Å²) in [4.78, 5) is 45.8. The third-order valence-electron chi connectivity index (χ3n) is 8.92. The number of hydrogen-bond acceptors (Lipinski definition) is 8. The van der Waals surface area contributed by atoms with E-state index in [4.69, 9.17) is 32.7 Å².